The van der Waals surface area contributed by atoms with Gasteiger partial charge in [-0.3, -0.25) is 5.10 Å². The fraction of sp³-hybridized carbons (Fsp3) is 0.452. The Morgan fingerprint density at radius 2 is 2.07 bits per heavy atom. The van der Waals surface area contributed by atoms with E-state index in [1.807, 2.05) is 32.1 Å². The number of aromatic nitrogens is 4. The maximum atomic E-state index is 16.9. The van der Waals surface area contributed by atoms with E-state index in [2.05, 4.69) is 43.9 Å². The number of likely N-dealkylation sites (tertiary alicyclic amines) is 1. The van der Waals surface area contributed by atoms with Crippen LogP contribution in [0.2, 0.25) is 5.02 Å². The SMILES string of the molecule is C=CC12CCC(CN(c3nc(OCC4CCCN4C)nc4c(F)c(-c5c(C)c(C)cc6[nH]ncc56)c(Cl)cc34)C1)N2. The largest absolute Gasteiger partial charge is 0.462 e. The van der Waals surface area contributed by atoms with Gasteiger partial charge >= 0.3 is 6.01 Å². The van der Waals surface area contributed by atoms with Crippen molar-refractivity contribution in [2.45, 2.75) is 57.2 Å². The number of H-pyrrole nitrogens is 1. The van der Waals surface area contributed by atoms with Gasteiger partial charge in [0.2, 0.25) is 0 Å². The van der Waals surface area contributed by atoms with Crippen molar-refractivity contribution in [2.75, 3.05) is 38.2 Å². The highest BCUT2D eigenvalue weighted by Gasteiger charge is 2.43. The number of benzene rings is 2. The predicted molar refractivity (Wildman–Crippen MR) is 162 cm³/mol. The number of hydrogen-bond donors (Lipinski definition) is 2. The molecular formula is C31H35ClFN7O. The van der Waals surface area contributed by atoms with Gasteiger partial charge in [0.1, 0.15) is 17.9 Å². The predicted octanol–water partition coefficient (Wildman–Crippen LogP) is 5.55. The van der Waals surface area contributed by atoms with Crippen LogP contribution >= 0.6 is 11.6 Å². The summed E-state index contributed by atoms with van der Waals surface area (Å²) in [5.41, 5.74) is 3.84. The van der Waals surface area contributed by atoms with E-state index in [0.29, 0.717) is 41.0 Å². The Morgan fingerprint density at radius 3 is 2.85 bits per heavy atom. The van der Waals surface area contributed by atoms with Gasteiger partial charge in [-0.15, -0.1) is 6.58 Å². The van der Waals surface area contributed by atoms with Crippen LogP contribution < -0.4 is 15.0 Å². The zero-order valence-corrected chi connectivity index (χ0v) is 24.5. The van der Waals surface area contributed by atoms with Gasteiger partial charge in [-0.05, 0) is 76.4 Å². The zero-order valence-electron chi connectivity index (χ0n) is 23.7. The van der Waals surface area contributed by atoms with Crippen molar-refractivity contribution in [1.82, 2.24) is 30.4 Å². The number of nitrogens with one attached hydrogen (secondary N) is 2. The number of likely N-dealkylation sites (N-methyl/N-ethyl adjacent to an activating group) is 1. The van der Waals surface area contributed by atoms with Crippen LogP contribution in [0.25, 0.3) is 32.9 Å². The average molecular weight is 576 g/mol. The van der Waals surface area contributed by atoms with Crippen LogP contribution in [0.3, 0.4) is 0 Å². The number of aromatic amines is 1. The van der Waals surface area contributed by atoms with Gasteiger partial charge in [-0.2, -0.15) is 15.1 Å². The molecule has 0 aliphatic carbocycles. The van der Waals surface area contributed by atoms with Gasteiger partial charge in [-0.25, -0.2) is 4.39 Å². The molecule has 5 heterocycles. The number of piperazine rings is 1. The topological polar surface area (TPSA) is 82.2 Å². The molecule has 2 N–H and O–H groups in total. The fourth-order valence-electron chi connectivity index (χ4n) is 7.01. The lowest BCUT2D eigenvalue weighted by atomic mass is 9.92. The third-order valence-corrected chi connectivity index (χ3v) is 9.77. The number of aryl methyl sites for hydroxylation is 1. The molecule has 214 valence electrons. The molecule has 3 aliphatic heterocycles. The van der Waals surface area contributed by atoms with Crippen LogP contribution in [0.5, 0.6) is 6.01 Å². The second-order valence-corrected chi connectivity index (χ2v) is 12.4. The number of nitrogens with zero attached hydrogens (tertiary/aromatic N) is 5. The van der Waals surface area contributed by atoms with E-state index in [4.69, 9.17) is 21.3 Å². The van der Waals surface area contributed by atoms with E-state index >= 15 is 4.39 Å². The lowest BCUT2D eigenvalue weighted by molar-refractivity contribution is 0.188. The summed E-state index contributed by atoms with van der Waals surface area (Å²) in [6.45, 7) is 11.0. The molecule has 0 amide bonds. The molecule has 7 rings (SSSR count). The van der Waals surface area contributed by atoms with Crippen LogP contribution in [0.15, 0.2) is 31.0 Å². The zero-order chi connectivity index (χ0) is 28.5. The Hall–Kier alpha value is -3.27. The third kappa shape index (κ3) is 4.37. The van der Waals surface area contributed by atoms with Crippen molar-refractivity contribution >= 4 is 39.2 Å². The van der Waals surface area contributed by atoms with Crippen molar-refractivity contribution in [3.63, 3.8) is 0 Å². The van der Waals surface area contributed by atoms with Gasteiger partial charge in [0.25, 0.3) is 0 Å². The van der Waals surface area contributed by atoms with Crippen LogP contribution in [0.4, 0.5) is 10.2 Å². The molecule has 3 aliphatic rings. The van der Waals surface area contributed by atoms with Gasteiger partial charge < -0.3 is 19.9 Å². The normalized spacial score (nSPS) is 24.6. The summed E-state index contributed by atoms with van der Waals surface area (Å²) in [5, 5.41) is 12.7. The number of hydrogen-bond acceptors (Lipinski definition) is 7. The minimum atomic E-state index is -0.480. The van der Waals surface area contributed by atoms with E-state index in [9.17, 15) is 0 Å². The first-order valence-corrected chi connectivity index (χ1v) is 14.8. The Bertz CT molecular complexity index is 1690. The fourth-order valence-corrected chi connectivity index (χ4v) is 7.30. The van der Waals surface area contributed by atoms with Crippen molar-refractivity contribution in [2.24, 2.45) is 0 Å². The standard InChI is InChI=1S/C31H35ClFN7O/c1-5-31-9-8-19(37-31)14-40(16-31)29-21-12-23(32)26(25-18(3)17(2)11-24-22(25)13-34-38-24)27(33)28(21)35-30(36-29)41-15-20-7-6-10-39(20)4/h5,11-13,19-20,37H,1,6-10,14-16H2,2-4H3,(H,34,38). The molecule has 0 spiro atoms. The third-order valence-electron chi connectivity index (χ3n) is 9.47. The van der Waals surface area contributed by atoms with E-state index in [1.54, 1.807) is 6.20 Å². The van der Waals surface area contributed by atoms with Crippen molar-refractivity contribution < 1.29 is 9.13 Å². The molecule has 2 aromatic heterocycles. The first-order valence-electron chi connectivity index (χ1n) is 14.4. The molecule has 3 unspecified atom stereocenters. The van der Waals surface area contributed by atoms with Gasteiger partial charge in [0, 0.05) is 47.1 Å². The summed E-state index contributed by atoms with van der Waals surface area (Å²) in [7, 11) is 2.10. The Morgan fingerprint density at radius 1 is 1.22 bits per heavy atom. The van der Waals surface area contributed by atoms with Crippen LogP contribution in [-0.4, -0.2) is 76.0 Å². The van der Waals surface area contributed by atoms with Crippen LogP contribution in [-0.2, 0) is 0 Å². The second-order valence-electron chi connectivity index (χ2n) is 12.0. The number of fused-ring (bicyclic) bond motifs is 4. The van der Waals surface area contributed by atoms with Crippen LogP contribution in [0.1, 0.15) is 36.8 Å². The maximum Gasteiger partial charge on any atom is 0.319 e. The quantitative estimate of drug-likeness (QED) is 0.292. The molecule has 3 fully saturated rings. The van der Waals surface area contributed by atoms with Gasteiger partial charge in [-0.1, -0.05) is 17.7 Å². The highest BCUT2D eigenvalue weighted by Crippen LogP contribution is 2.44. The minimum Gasteiger partial charge on any atom is -0.462 e. The van der Waals surface area contributed by atoms with E-state index in [1.165, 1.54) is 0 Å². The smallest absolute Gasteiger partial charge is 0.319 e. The highest BCUT2D eigenvalue weighted by atomic mass is 35.5. The molecule has 3 atom stereocenters. The molecule has 2 aromatic carbocycles. The highest BCUT2D eigenvalue weighted by molar-refractivity contribution is 6.35. The molecule has 3 saturated heterocycles. The second kappa shape index (κ2) is 9.93. The number of rotatable bonds is 6. The molecule has 10 heteroatoms. The van der Waals surface area contributed by atoms with E-state index < -0.39 is 5.82 Å². The molecule has 0 saturated carbocycles. The van der Waals surface area contributed by atoms with Crippen molar-refractivity contribution in [3.05, 3.63) is 53.0 Å². The summed E-state index contributed by atoms with van der Waals surface area (Å²) in [6.07, 6.45) is 7.97. The van der Waals surface area contributed by atoms with E-state index in [-0.39, 0.29) is 23.1 Å². The molecular weight excluding hydrogens is 541 g/mol. The first kappa shape index (κ1) is 26.6. The summed E-state index contributed by atoms with van der Waals surface area (Å²) in [4.78, 5) is 14.1. The molecule has 2 bridgehead atoms. The first-order chi connectivity index (χ1) is 19.8. The minimum absolute atomic E-state index is 0.188. The van der Waals surface area contributed by atoms with Crippen molar-refractivity contribution in [3.8, 4) is 17.1 Å². The maximum absolute atomic E-state index is 16.9. The summed E-state index contributed by atoms with van der Waals surface area (Å²) in [6, 6.07) is 4.61. The Balaban J connectivity index is 1.41. The van der Waals surface area contributed by atoms with E-state index in [0.717, 1.165) is 66.4 Å². The molecule has 8 nitrogen and oxygen atoms in total. The van der Waals surface area contributed by atoms with Gasteiger partial charge in [0.05, 0.1) is 22.3 Å². The summed E-state index contributed by atoms with van der Waals surface area (Å²) < 4.78 is 23.1. The molecule has 41 heavy (non-hydrogen) atoms. The Kier molecular flexibility index (Phi) is 6.44. The molecule has 4 aromatic rings. The van der Waals surface area contributed by atoms with Crippen molar-refractivity contribution in [1.29, 1.82) is 0 Å². The van der Waals surface area contributed by atoms with Gasteiger partial charge in [0.15, 0.2) is 5.82 Å². The summed E-state index contributed by atoms with van der Waals surface area (Å²) >= 11 is 6.96. The number of ether oxygens (including phenoxy) is 1. The van der Waals surface area contributed by atoms with Crippen LogP contribution in [0, 0.1) is 19.7 Å². The summed E-state index contributed by atoms with van der Waals surface area (Å²) in [5.74, 6) is 0.165. The molecule has 0 radical (unpaired) electrons. The Labute approximate surface area is 243 Å². The number of anilines is 1. The lowest BCUT2D eigenvalue weighted by Gasteiger charge is -2.40. The lowest BCUT2D eigenvalue weighted by Crippen LogP contribution is -2.58. The number of halogens is 2. The monoisotopic (exact) mass is 575 g/mol. The average Bonchev–Trinajstić information content (AvgIpc) is 3.67.